The van der Waals surface area contributed by atoms with Crippen LogP contribution in [0.25, 0.3) is 0 Å². The fraction of sp³-hybridized carbons (Fsp3) is 1.00. The highest BCUT2D eigenvalue weighted by molar-refractivity contribution is 4.73. The van der Waals surface area contributed by atoms with Crippen LogP contribution in [-0.4, -0.2) is 60.3 Å². The van der Waals surface area contributed by atoms with Gasteiger partial charge in [0, 0.05) is 6.54 Å². The molecule has 2 aliphatic rings. The summed E-state index contributed by atoms with van der Waals surface area (Å²) < 4.78 is 0. The molecule has 2 heterocycles. The van der Waals surface area contributed by atoms with Gasteiger partial charge in [-0.3, -0.25) is 0 Å². The summed E-state index contributed by atoms with van der Waals surface area (Å²) in [5, 5.41) is 9.54. The molecule has 15 heavy (non-hydrogen) atoms. The smallest absolute Gasteiger partial charge is 0.0667 e. The van der Waals surface area contributed by atoms with Gasteiger partial charge in [0.05, 0.1) is 6.10 Å². The SMILES string of the molecule is O[C@H]1CCCN(CCCN2CCCC2)C1. The van der Waals surface area contributed by atoms with Crippen molar-refractivity contribution in [3.63, 3.8) is 0 Å². The normalized spacial score (nSPS) is 29.8. The first-order valence-electron chi connectivity index (χ1n) is 6.47. The lowest BCUT2D eigenvalue weighted by molar-refractivity contribution is 0.0687. The molecule has 2 aliphatic heterocycles. The van der Waals surface area contributed by atoms with Gasteiger partial charge in [-0.1, -0.05) is 0 Å². The molecule has 3 heteroatoms. The van der Waals surface area contributed by atoms with Crippen LogP contribution in [-0.2, 0) is 0 Å². The number of rotatable bonds is 4. The molecule has 0 bridgehead atoms. The van der Waals surface area contributed by atoms with Gasteiger partial charge >= 0.3 is 0 Å². The van der Waals surface area contributed by atoms with E-state index in [1.54, 1.807) is 0 Å². The minimum Gasteiger partial charge on any atom is -0.392 e. The summed E-state index contributed by atoms with van der Waals surface area (Å²) in [7, 11) is 0. The highest BCUT2D eigenvalue weighted by atomic mass is 16.3. The molecule has 0 saturated carbocycles. The topological polar surface area (TPSA) is 26.7 Å². The molecule has 0 aromatic carbocycles. The molecule has 2 rings (SSSR count). The summed E-state index contributed by atoms with van der Waals surface area (Å²) >= 11 is 0. The van der Waals surface area contributed by atoms with E-state index in [0.717, 1.165) is 13.0 Å². The lowest BCUT2D eigenvalue weighted by atomic mass is 10.1. The van der Waals surface area contributed by atoms with Crippen LogP contribution in [0, 0.1) is 0 Å². The molecular formula is C12H24N2O. The molecule has 1 N–H and O–H groups in total. The molecule has 88 valence electrons. The van der Waals surface area contributed by atoms with E-state index in [9.17, 15) is 5.11 Å². The van der Waals surface area contributed by atoms with Crippen molar-refractivity contribution in [3.05, 3.63) is 0 Å². The molecular weight excluding hydrogens is 188 g/mol. The van der Waals surface area contributed by atoms with E-state index in [4.69, 9.17) is 0 Å². The van der Waals surface area contributed by atoms with E-state index in [1.165, 1.54) is 58.4 Å². The Morgan fingerprint density at radius 2 is 1.60 bits per heavy atom. The Balaban J connectivity index is 1.56. The van der Waals surface area contributed by atoms with Crippen molar-refractivity contribution in [2.75, 3.05) is 39.3 Å². The number of hydrogen-bond donors (Lipinski definition) is 1. The number of β-amino-alcohol motifs (C(OH)–C–C–N with tert-alkyl or cyclic N) is 1. The van der Waals surface area contributed by atoms with Crippen LogP contribution in [0.5, 0.6) is 0 Å². The maximum Gasteiger partial charge on any atom is 0.0667 e. The molecule has 0 aliphatic carbocycles. The third kappa shape index (κ3) is 3.74. The average Bonchev–Trinajstić information content (AvgIpc) is 2.71. The van der Waals surface area contributed by atoms with Crippen molar-refractivity contribution in [2.24, 2.45) is 0 Å². The summed E-state index contributed by atoms with van der Waals surface area (Å²) in [6.07, 6.45) is 6.16. The van der Waals surface area contributed by atoms with E-state index >= 15 is 0 Å². The van der Waals surface area contributed by atoms with Gasteiger partial charge in [-0.2, -0.15) is 0 Å². The summed E-state index contributed by atoms with van der Waals surface area (Å²) in [6.45, 7) is 7.14. The Morgan fingerprint density at radius 1 is 0.933 bits per heavy atom. The third-order valence-electron chi connectivity index (χ3n) is 3.63. The summed E-state index contributed by atoms with van der Waals surface area (Å²) in [5.74, 6) is 0. The van der Waals surface area contributed by atoms with Crippen LogP contribution >= 0.6 is 0 Å². The van der Waals surface area contributed by atoms with Crippen LogP contribution in [0.4, 0.5) is 0 Å². The molecule has 3 nitrogen and oxygen atoms in total. The largest absolute Gasteiger partial charge is 0.392 e. The number of likely N-dealkylation sites (tertiary alicyclic amines) is 2. The second kappa shape index (κ2) is 5.83. The van der Waals surface area contributed by atoms with Gasteiger partial charge in [-0.05, 0) is 64.8 Å². The van der Waals surface area contributed by atoms with Crippen molar-refractivity contribution < 1.29 is 5.11 Å². The molecule has 0 aromatic heterocycles. The van der Waals surface area contributed by atoms with Gasteiger partial charge in [0.25, 0.3) is 0 Å². The van der Waals surface area contributed by atoms with Gasteiger partial charge in [0.1, 0.15) is 0 Å². The molecule has 0 aromatic rings. The number of piperidine rings is 1. The van der Waals surface area contributed by atoms with Crippen molar-refractivity contribution in [2.45, 2.75) is 38.2 Å². The lowest BCUT2D eigenvalue weighted by Crippen LogP contribution is -2.39. The van der Waals surface area contributed by atoms with Gasteiger partial charge in [0.15, 0.2) is 0 Å². The van der Waals surface area contributed by atoms with Gasteiger partial charge in [-0.25, -0.2) is 0 Å². The fourth-order valence-corrected chi connectivity index (χ4v) is 2.76. The maximum atomic E-state index is 9.54. The van der Waals surface area contributed by atoms with Crippen molar-refractivity contribution in [1.82, 2.24) is 9.80 Å². The van der Waals surface area contributed by atoms with E-state index in [0.29, 0.717) is 0 Å². The molecule has 0 amide bonds. The first-order valence-corrected chi connectivity index (χ1v) is 6.47. The second-order valence-electron chi connectivity index (χ2n) is 5.00. The van der Waals surface area contributed by atoms with Crippen molar-refractivity contribution in [1.29, 1.82) is 0 Å². The maximum absolute atomic E-state index is 9.54. The Labute approximate surface area is 93.1 Å². The minimum atomic E-state index is -0.0643. The van der Waals surface area contributed by atoms with Crippen molar-refractivity contribution >= 4 is 0 Å². The zero-order chi connectivity index (χ0) is 10.5. The van der Waals surface area contributed by atoms with E-state index in [1.807, 2.05) is 0 Å². The highest BCUT2D eigenvalue weighted by Crippen LogP contribution is 2.11. The Bertz CT molecular complexity index is 180. The molecule has 2 fully saturated rings. The quantitative estimate of drug-likeness (QED) is 0.751. The van der Waals surface area contributed by atoms with Gasteiger partial charge in [-0.15, -0.1) is 0 Å². The summed E-state index contributed by atoms with van der Waals surface area (Å²) in [5.41, 5.74) is 0. The van der Waals surface area contributed by atoms with Gasteiger partial charge < -0.3 is 14.9 Å². The van der Waals surface area contributed by atoms with E-state index in [-0.39, 0.29) is 6.10 Å². The van der Waals surface area contributed by atoms with Crippen molar-refractivity contribution in [3.8, 4) is 0 Å². The zero-order valence-electron chi connectivity index (χ0n) is 9.70. The standard InChI is InChI=1S/C12H24N2O/c15-12-5-3-8-14(11-12)10-4-9-13-6-1-2-7-13/h12,15H,1-11H2/t12-/m0/s1. The van der Waals surface area contributed by atoms with Crippen LogP contribution in [0.15, 0.2) is 0 Å². The molecule has 2 saturated heterocycles. The Morgan fingerprint density at radius 3 is 2.33 bits per heavy atom. The lowest BCUT2D eigenvalue weighted by Gasteiger charge is -2.30. The van der Waals surface area contributed by atoms with Crippen LogP contribution in [0.1, 0.15) is 32.1 Å². The second-order valence-corrected chi connectivity index (χ2v) is 5.00. The van der Waals surface area contributed by atoms with Crippen LogP contribution in [0.2, 0.25) is 0 Å². The van der Waals surface area contributed by atoms with Crippen LogP contribution < -0.4 is 0 Å². The van der Waals surface area contributed by atoms with E-state index in [2.05, 4.69) is 9.80 Å². The minimum absolute atomic E-state index is 0.0643. The molecule has 1 atom stereocenters. The first-order chi connectivity index (χ1) is 7.34. The number of hydrogen-bond acceptors (Lipinski definition) is 3. The summed E-state index contributed by atoms with van der Waals surface area (Å²) in [6, 6.07) is 0. The molecule has 0 unspecified atom stereocenters. The predicted molar refractivity (Wildman–Crippen MR) is 62.0 cm³/mol. The first kappa shape index (κ1) is 11.4. The number of nitrogens with zero attached hydrogens (tertiary/aromatic N) is 2. The van der Waals surface area contributed by atoms with Gasteiger partial charge in [0.2, 0.25) is 0 Å². The highest BCUT2D eigenvalue weighted by Gasteiger charge is 2.17. The monoisotopic (exact) mass is 212 g/mol. The number of aliphatic hydroxyl groups excluding tert-OH is 1. The van der Waals surface area contributed by atoms with Crippen LogP contribution in [0.3, 0.4) is 0 Å². The molecule has 0 spiro atoms. The Kier molecular flexibility index (Phi) is 4.42. The summed E-state index contributed by atoms with van der Waals surface area (Å²) in [4.78, 5) is 4.99. The average molecular weight is 212 g/mol. The fourth-order valence-electron chi connectivity index (χ4n) is 2.76. The zero-order valence-corrected chi connectivity index (χ0v) is 9.70. The predicted octanol–water partition coefficient (Wildman–Crippen LogP) is 0.929. The third-order valence-corrected chi connectivity index (χ3v) is 3.63. The molecule has 0 radical (unpaired) electrons. The number of aliphatic hydroxyl groups is 1. The Hall–Kier alpha value is -0.120. The van der Waals surface area contributed by atoms with E-state index < -0.39 is 0 Å².